The molecule has 0 aliphatic carbocycles. The van der Waals surface area contributed by atoms with Crippen LogP contribution in [0.4, 0.5) is 5.69 Å². The minimum Gasteiger partial charge on any atom is -0.363 e. The summed E-state index contributed by atoms with van der Waals surface area (Å²) in [5.74, 6) is 0. The van der Waals surface area contributed by atoms with Crippen molar-refractivity contribution < 1.29 is 5.21 Å². The fourth-order valence-corrected chi connectivity index (χ4v) is 0.661. The monoisotopic (exact) mass is 140 g/mol. The summed E-state index contributed by atoms with van der Waals surface area (Å²) < 4.78 is 0. The number of anilines is 1. The van der Waals surface area contributed by atoms with Gasteiger partial charge in [-0.25, -0.2) is 0 Å². The van der Waals surface area contributed by atoms with Gasteiger partial charge in [-0.1, -0.05) is 0 Å². The zero-order chi connectivity index (χ0) is 7.56. The van der Waals surface area contributed by atoms with Gasteiger partial charge in [-0.3, -0.25) is 15.5 Å². The Hall–Kier alpha value is -1.29. The summed E-state index contributed by atoms with van der Waals surface area (Å²) >= 11 is 0. The van der Waals surface area contributed by atoms with Crippen LogP contribution in [0.25, 0.3) is 0 Å². The number of aromatic nitrogens is 1. The number of aryl methyl sites for hydroxylation is 1. The largest absolute Gasteiger partial charge is 0.363 e. The highest BCUT2D eigenvalue weighted by Crippen LogP contribution is 1.94. The van der Waals surface area contributed by atoms with Gasteiger partial charge < -0.3 is 4.98 Å². The fraction of sp³-hybridized carbons (Fsp3) is 0.167. The highest BCUT2D eigenvalue weighted by Gasteiger charge is 1.94. The van der Waals surface area contributed by atoms with Crippen LogP contribution >= 0.6 is 0 Å². The molecule has 1 aromatic rings. The first-order valence-electron chi connectivity index (χ1n) is 2.83. The Labute approximate surface area is 57.5 Å². The van der Waals surface area contributed by atoms with Crippen LogP contribution in [0.1, 0.15) is 5.69 Å². The summed E-state index contributed by atoms with van der Waals surface area (Å²) in [7, 11) is 0. The number of hydrogen-bond acceptors (Lipinski definition) is 3. The third-order valence-corrected chi connectivity index (χ3v) is 1.18. The summed E-state index contributed by atoms with van der Waals surface area (Å²) in [5, 5.41) is 8.34. The number of nitrogens with one attached hydrogen (secondary N) is 2. The van der Waals surface area contributed by atoms with Crippen LogP contribution in [0.2, 0.25) is 0 Å². The second-order valence-electron chi connectivity index (χ2n) is 2.01. The molecule has 1 heterocycles. The molecule has 0 amide bonds. The van der Waals surface area contributed by atoms with E-state index in [0.29, 0.717) is 0 Å². The van der Waals surface area contributed by atoms with Gasteiger partial charge >= 0.3 is 0 Å². The molecular weight excluding hydrogens is 132 g/mol. The summed E-state index contributed by atoms with van der Waals surface area (Å²) in [5.41, 5.74) is 2.48. The predicted octanol–water partition coefficient (Wildman–Crippen LogP) is 0.484. The molecule has 1 aromatic heterocycles. The van der Waals surface area contributed by atoms with Crippen molar-refractivity contribution in [1.82, 2.24) is 4.98 Å². The lowest BCUT2D eigenvalue weighted by atomic mass is 10.3. The predicted molar refractivity (Wildman–Crippen MR) is 37.2 cm³/mol. The molecule has 0 bridgehead atoms. The number of pyridine rings is 1. The average molecular weight is 140 g/mol. The molecule has 0 aromatic carbocycles. The van der Waals surface area contributed by atoms with E-state index in [1.54, 1.807) is 12.4 Å². The van der Waals surface area contributed by atoms with Crippen LogP contribution in [0.5, 0.6) is 0 Å². The van der Waals surface area contributed by atoms with E-state index in [-0.39, 0.29) is 11.1 Å². The molecule has 10 heavy (non-hydrogen) atoms. The van der Waals surface area contributed by atoms with Gasteiger partial charge in [-0.05, 0) is 6.92 Å². The average Bonchev–Trinajstić information content (AvgIpc) is 1.88. The summed E-state index contributed by atoms with van der Waals surface area (Å²) in [4.78, 5) is 13.6. The highest BCUT2D eigenvalue weighted by molar-refractivity contribution is 5.37. The molecule has 0 aliphatic heterocycles. The first-order valence-corrected chi connectivity index (χ1v) is 2.83. The van der Waals surface area contributed by atoms with Crippen molar-refractivity contribution in [1.29, 1.82) is 0 Å². The van der Waals surface area contributed by atoms with E-state index in [0.717, 1.165) is 5.69 Å². The molecule has 0 saturated heterocycles. The van der Waals surface area contributed by atoms with E-state index in [2.05, 4.69) is 4.98 Å². The molecule has 0 aliphatic rings. The van der Waals surface area contributed by atoms with Crippen LogP contribution < -0.4 is 10.9 Å². The van der Waals surface area contributed by atoms with E-state index in [4.69, 9.17) is 5.21 Å². The molecule has 3 N–H and O–H groups in total. The number of aromatic amines is 1. The van der Waals surface area contributed by atoms with Gasteiger partial charge in [0, 0.05) is 18.0 Å². The Morgan fingerprint density at radius 1 is 1.70 bits per heavy atom. The summed E-state index contributed by atoms with van der Waals surface area (Å²) in [6, 6.07) is 1.40. The lowest BCUT2D eigenvalue weighted by Gasteiger charge is -1.96. The van der Waals surface area contributed by atoms with Gasteiger partial charge in [-0.2, -0.15) is 0 Å². The minimum atomic E-state index is -0.223. The fourth-order valence-electron chi connectivity index (χ4n) is 0.661. The van der Waals surface area contributed by atoms with E-state index in [1.165, 1.54) is 12.3 Å². The quantitative estimate of drug-likeness (QED) is 0.497. The van der Waals surface area contributed by atoms with Crippen molar-refractivity contribution in [2.45, 2.75) is 6.92 Å². The SMILES string of the molecule is Cc1cc(=O)c(NO)c[nH]1. The molecule has 0 saturated carbocycles. The third-order valence-electron chi connectivity index (χ3n) is 1.18. The van der Waals surface area contributed by atoms with Crippen molar-refractivity contribution >= 4 is 5.69 Å². The van der Waals surface area contributed by atoms with Gasteiger partial charge in [0.25, 0.3) is 0 Å². The zero-order valence-corrected chi connectivity index (χ0v) is 5.51. The maximum absolute atomic E-state index is 10.8. The Bertz CT molecular complexity index is 279. The normalized spacial score (nSPS) is 9.40. The number of hydrogen-bond donors (Lipinski definition) is 3. The molecular formula is C6H8N2O2. The smallest absolute Gasteiger partial charge is 0.207 e. The molecule has 0 unspecified atom stereocenters. The van der Waals surface area contributed by atoms with Crippen molar-refractivity contribution in [2.24, 2.45) is 0 Å². The second-order valence-corrected chi connectivity index (χ2v) is 2.01. The second kappa shape index (κ2) is 2.53. The molecule has 0 spiro atoms. The topological polar surface area (TPSA) is 65.1 Å². The first-order chi connectivity index (χ1) is 4.74. The molecule has 0 radical (unpaired) electrons. The molecule has 0 fully saturated rings. The van der Waals surface area contributed by atoms with Crippen molar-refractivity contribution in [3.8, 4) is 0 Å². The van der Waals surface area contributed by atoms with Crippen LogP contribution in [0.3, 0.4) is 0 Å². The lowest BCUT2D eigenvalue weighted by molar-refractivity contribution is 0.388. The number of rotatable bonds is 1. The van der Waals surface area contributed by atoms with E-state index in [1.807, 2.05) is 0 Å². The zero-order valence-electron chi connectivity index (χ0n) is 5.51. The van der Waals surface area contributed by atoms with Crippen molar-refractivity contribution in [3.63, 3.8) is 0 Å². The molecule has 4 nitrogen and oxygen atoms in total. The highest BCUT2D eigenvalue weighted by atomic mass is 16.5. The van der Waals surface area contributed by atoms with Crippen LogP contribution in [-0.4, -0.2) is 10.2 Å². The van der Waals surface area contributed by atoms with Crippen LogP contribution in [-0.2, 0) is 0 Å². The standard InChI is InChI=1S/C6H8N2O2/c1-4-2-6(9)5(8-10)3-7-4/h2-3,8,10H,1H3,(H,7,9). The Kier molecular flexibility index (Phi) is 1.73. The lowest BCUT2D eigenvalue weighted by Crippen LogP contribution is -2.08. The van der Waals surface area contributed by atoms with Gasteiger partial charge in [0.05, 0.1) is 0 Å². The maximum atomic E-state index is 10.8. The Morgan fingerprint density at radius 2 is 2.40 bits per heavy atom. The van der Waals surface area contributed by atoms with Gasteiger partial charge in [-0.15, -0.1) is 0 Å². The molecule has 54 valence electrons. The van der Waals surface area contributed by atoms with Gasteiger partial charge in [0.1, 0.15) is 5.69 Å². The summed E-state index contributed by atoms with van der Waals surface area (Å²) in [6.45, 7) is 1.77. The van der Waals surface area contributed by atoms with E-state index < -0.39 is 0 Å². The van der Waals surface area contributed by atoms with Crippen molar-refractivity contribution in [3.05, 3.63) is 28.2 Å². The summed E-state index contributed by atoms with van der Waals surface area (Å²) in [6.07, 6.45) is 1.41. The van der Waals surface area contributed by atoms with Crippen LogP contribution in [0, 0.1) is 6.92 Å². The van der Waals surface area contributed by atoms with Crippen molar-refractivity contribution in [2.75, 3.05) is 5.48 Å². The third kappa shape index (κ3) is 1.16. The van der Waals surface area contributed by atoms with Gasteiger partial charge in [0.2, 0.25) is 5.43 Å². The first kappa shape index (κ1) is 6.82. The molecule has 1 rings (SSSR count). The van der Waals surface area contributed by atoms with E-state index >= 15 is 0 Å². The van der Waals surface area contributed by atoms with Crippen LogP contribution in [0.15, 0.2) is 17.1 Å². The van der Waals surface area contributed by atoms with Gasteiger partial charge in [0.15, 0.2) is 0 Å². The molecule has 4 heteroatoms. The molecule has 0 atom stereocenters. The Morgan fingerprint density at radius 3 is 2.90 bits per heavy atom. The maximum Gasteiger partial charge on any atom is 0.207 e. The Balaban J connectivity index is 3.20. The minimum absolute atomic E-state index is 0.158. The van der Waals surface area contributed by atoms with E-state index in [9.17, 15) is 4.79 Å². The number of H-pyrrole nitrogens is 1.